The molecular formula is C21H28N6O5S. The van der Waals surface area contributed by atoms with E-state index in [9.17, 15) is 18.0 Å². The number of hydrogen-bond acceptors (Lipinski definition) is 8. The van der Waals surface area contributed by atoms with E-state index in [0.717, 1.165) is 0 Å². The summed E-state index contributed by atoms with van der Waals surface area (Å²) in [7, 11) is -2.34. The molecule has 0 spiro atoms. The molecule has 0 aliphatic carbocycles. The number of aromatic nitrogens is 2. The van der Waals surface area contributed by atoms with Crippen molar-refractivity contribution in [1.82, 2.24) is 15.3 Å². The van der Waals surface area contributed by atoms with Gasteiger partial charge in [-0.25, -0.2) is 23.2 Å². The van der Waals surface area contributed by atoms with Crippen LogP contribution in [0.4, 0.5) is 16.3 Å². The first-order valence-corrected chi connectivity index (χ1v) is 12.1. The highest BCUT2D eigenvalue weighted by molar-refractivity contribution is 7.92. The van der Waals surface area contributed by atoms with E-state index in [4.69, 9.17) is 10.5 Å². The van der Waals surface area contributed by atoms with E-state index < -0.39 is 26.7 Å². The van der Waals surface area contributed by atoms with Gasteiger partial charge in [0.2, 0.25) is 5.91 Å². The van der Waals surface area contributed by atoms with Crippen molar-refractivity contribution in [2.75, 3.05) is 37.0 Å². The number of carbonyl (C=O) groups excluding carboxylic acids is 2. The average Bonchev–Trinajstić information content (AvgIpc) is 2.78. The van der Waals surface area contributed by atoms with Crippen molar-refractivity contribution >= 4 is 33.3 Å². The van der Waals surface area contributed by atoms with E-state index in [1.54, 1.807) is 30.3 Å². The van der Waals surface area contributed by atoms with Crippen LogP contribution in [0.25, 0.3) is 11.4 Å². The van der Waals surface area contributed by atoms with Gasteiger partial charge in [-0.05, 0) is 38.1 Å². The summed E-state index contributed by atoms with van der Waals surface area (Å²) in [6.45, 7) is 4.90. The number of morpholine rings is 1. The number of sulfone groups is 1. The highest BCUT2D eigenvalue weighted by Gasteiger charge is 2.28. The van der Waals surface area contributed by atoms with Gasteiger partial charge in [-0.1, -0.05) is 0 Å². The molecule has 0 saturated carbocycles. The van der Waals surface area contributed by atoms with Gasteiger partial charge in [0, 0.05) is 30.9 Å². The second kappa shape index (κ2) is 10.1. The lowest BCUT2D eigenvalue weighted by atomic mass is 10.2. The van der Waals surface area contributed by atoms with E-state index in [2.05, 4.69) is 20.6 Å². The zero-order valence-electron chi connectivity index (χ0n) is 18.7. The molecule has 1 aromatic carbocycles. The molecule has 1 unspecified atom stereocenters. The number of primary amides is 1. The van der Waals surface area contributed by atoms with Crippen LogP contribution in [0.15, 0.2) is 30.3 Å². The van der Waals surface area contributed by atoms with Gasteiger partial charge < -0.3 is 26.0 Å². The lowest BCUT2D eigenvalue weighted by Crippen LogP contribution is -2.44. The molecule has 4 N–H and O–H groups in total. The van der Waals surface area contributed by atoms with Crippen LogP contribution in [0.3, 0.4) is 0 Å². The molecule has 3 amide bonds. The zero-order valence-corrected chi connectivity index (χ0v) is 19.6. The van der Waals surface area contributed by atoms with Crippen molar-refractivity contribution in [3.63, 3.8) is 0 Å². The lowest BCUT2D eigenvalue weighted by Gasteiger charge is -2.34. The van der Waals surface area contributed by atoms with Crippen molar-refractivity contribution < 1.29 is 22.7 Å². The Morgan fingerprint density at radius 3 is 2.58 bits per heavy atom. The molecule has 12 heteroatoms. The van der Waals surface area contributed by atoms with Gasteiger partial charge in [-0.15, -0.1) is 0 Å². The summed E-state index contributed by atoms with van der Waals surface area (Å²) in [5.41, 5.74) is 6.69. The first kappa shape index (κ1) is 24.4. The molecule has 2 heterocycles. The molecule has 1 aliphatic heterocycles. The number of anilines is 2. The Bertz CT molecular complexity index is 1120. The maximum atomic E-state index is 12.7. The standard InChI is InChI=1S/C21H28N6O5S/c1-13-11-32-9-8-27(13)18-10-17(12-33(30,31)14(2)19(22)28)24-20(26-18)15-4-6-16(7-5-15)25-21(29)23-3/h4-7,10,13-14H,8-9,11-12H2,1-3H3,(H2,22,28)(H2,23,25,29)/t13-,14?/m0/s1. The number of hydrogen-bond donors (Lipinski definition) is 3. The largest absolute Gasteiger partial charge is 0.377 e. The minimum atomic E-state index is -3.86. The van der Waals surface area contributed by atoms with Crippen LogP contribution >= 0.6 is 0 Å². The van der Waals surface area contributed by atoms with Crippen molar-refractivity contribution in [2.24, 2.45) is 5.73 Å². The number of rotatable bonds is 7. The highest BCUT2D eigenvalue weighted by Crippen LogP contribution is 2.25. The number of carbonyl (C=O) groups is 2. The number of nitrogens with one attached hydrogen (secondary N) is 2. The second-order valence-electron chi connectivity index (χ2n) is 7.79. The van der Waals surface area contributed by atoms with Crippen molar-refractivity contribution in [1.29, 1.82) is 0 Å². The van der Waals surface area contributed by atoms with Crippen LogP contribution in [-0.4, -0.2) is 68.4 Å². The molecule has 2 atom stereocenters. The molecule has 3 rings (SSSR count). The summed E-state index contributed by atoms with van der Waals surface area (Å²) >= 11 is 0. The number of ether oxygens (including phenoxy) is 1. The fourth-order valence-electron chi connectivity index (χ4n) is 3.31. The van der Waals surface area contributed by atoms with Gasteiger partial charge in [-0.2, -0.15) is 0 Å². The average molecular weight is 477 g/mol. The number of nitrogens with zero attached hydrogens (tertiary/aromatic N) is 3. The minimum Gasteiger partial charge on any atom is -0.377 e. The third kappa shape index (κ3) is 5.96. The second-order valence-corrected chi connectivity index (χ2v) is 10.1. The molecule has 0 radical (unpaired) electrons. The van der Waals surface area contributed by atoms with Crippen molar-refractivity contribution in [3.8, 4) is 11.4 Å². The normalized spacial score (nSPS) is 17.3. The maximum Gasteiger partial charge on any atom is 0.318 e. The van der Waals surface area contributed by atoms with Crippen LogP contribution in [0.5, 0.6) is 0 Å². The lowest BCUT2D eigenvalue weighted by molar-refractivity contribution is -0.117. The Morgan fingerprint density at radius 1 is 1.27 bits per heavy atom. The predicted molar refractivity (Wildman–Crippen MR) is 124 cm³/mol. The van der Waals surface area contributed by atoms with Crippen LogP contribution in [0, 0.1) is 0 Å². The molecule has 1 aliphatic rings. The maximum absolute atomic E-state index is 12.7. The van der Waals surface area contributed by atoms with Crippen molar-refractivity contribution in [3.05, 3.63) is 36.0 Å². The fraction of sp³-hybridized carbons (Fsp3) is 0.429. The Balaban J connectivity index is 2.00. The number of amides is 3. The van der Waals surface area contributed by atoms with Gasteiger partial charge in [-0.3, -0.25) is 4.79 Å². The molecule has 1 saturated heterocycles. The topological polar surface area (TPSA) is 157 Å². The summed E-state index contributed by atoms with van der Waals surface area (Å²) in [6, 6.07) is 8.17. The van der Waals surface area contributed by atoms with Gasteiger partial charge in [0.1, 0.15) is 11.1 Å². The van der Waals surface area contributed by atoms with Crippen LogP contribution < -0.4 is 21.3 Å². The highest BCUT2D eigenvalue weighted by atomic mass is 32.2. The fourth-order valence-corrected chi connectivity index (χ4v) is 4.47. The van der Waals surface area contributed by atoms with Crippen LogP contribution in [-0.2, 0) is 25.1 Å². The van der Waals surface area contributed by atoms with E-state index in [0.29, 0.717) is 42.7 Å². The zero-order chi connectivity index (χ0) is 24.2. The van der Waals surface area contributed by atoms with Gasteiger partial charge in [0.15, 0.2) is 15.7 Å². The molecule has 0 bridgehead atoms. The Hall–Kier alpha value is -3.25. The Kier molecular flexibility index (Phi) is 7.49. The molecule has 11 nitrogen and oxygen atoms in total. The van der Waals surface area contributed by atoms with E-state index in [-0.39, 0.29) is 17.8 Å². The van der Waals surface area contributed by atoms with Gasteiger partial charge in [0.05, 0.1) is 30.7 Å². The summed E-state index contributed by atoms with van der Waals surface area (Å²) in [4.78, 5) is 34.1. The summed E-state index contributed by atoms with van der Waals surface area (Å²) in [5.74, 6) is -0.463. The Morgan fingerprint density at radius 2 is 1.97 bits per heavy atom. The third-order valence-electron chi connectivity index (χ3n) is 5.34. The first-order valence-electron chi connectivity index (χ1n) is 10.4. The van der Waals surface area contributed by atoms with E-state index in [1.807, 2.05) is 11.8 Å². The Labute approximate surface area is 192 Å². The smallest absolute Gasteiger partial charge is 0.318 e. The predicted octanol–water partition coefficient (Wildman–Crippen LogP) is 0.909. The summed E-state index contributed by atoms with van der Waals surface area (Å²) in [6.07, 6.45) is 0. The van der Waals surface area contributed by atoms with Crippen LogP contribution in [0.1, 0.15) is 19.5 Å². The molecule has 2 aromatic rings. The summed E-state index contributed by atoms with van der Waals surface area (Å²) in [5, 5.41) is 3.81. The summed E-state index contributed by atoms with van der Waals surface area (Å²) < 4.78 is 30.9. The molecular weight excluding hydrogens is 448 g/mol. The molecule has 1 fully saturated rings. The number of nitrogens with two attached hydrogens (primary N) is 1. The van der Waals surface area contributed by atoms with E-state index in [1.165, 1.54) is 14.0 Å². The third-order valence-corrected chi connectivity index (χ3v) is 7.35. The number of urea groups is 1. The SMILES string of the molecule is CNC(=O)Nc1ccc(-c2nc(CS(=O)(=O)C(C)C(N)=O)cc(N3CCOC[C@@H]3C)n2)cc1. The quantitative estimate of drug-likeness (QED) is 0.532. The molecule has 1 aromatic heterocycles. The first-order chi connectivity index (χ1) is 15.6. The van der Waals surface area contributed by atoms with Gasteiger partial charge in [0.25, 0.3) is 0 Å². The van der Waals surface area contributed by atoms with E-state index >= 15 is 0 Å². The number of benzene rings is 1. The minimum absolute atomic E-state index is 0.0367. The molecule has 33 heavy (non-hydrogen) atoms. The van der Waals surface area contributed by atoms with Gasteiger partial charge >= 0.3 is 6.03 Å². The van der Waals surface area contributed by atoms with Crippen molar-refractivity contribution in [2.45, 2.75) is 30.9 Å². The monoisotopic (exact) mass is 476 g/mol. The molecule has 178 valence electrons. The van der Waals surface area contributed by atoms with Crippen LogP contribution in [0.2, 0.25) is 0 Å².